The number of rotatable bonds is 5. The highest BCUT2D eigenvalue weighted by molar-refractivity contribution is 7.19. The number of morpholine rings is 1. The molecular weight excluding hydrogens is 446 g/mol. The Morgan fingerprint density at radius 3 is 2.74 bits per heavy atom. The van der Waals surface area contributed by atoms with Crippen LogP contribution in [0.5, 0.6) is 0 Å². The minimum Gasteiger partial charge on any atom is -0.378 e. The van der Waals surface area contributed by atoms with E-state index < -0.39 is 0 Å². The summed E-state index contributed by atoms with van der Waals surface area (Å²) in [5.41, 5.74) is 4.54. The molecule has 3 heterocycles. The van der Waals surface area contributed by atoms with Gasteiger partial charge in [-0.3, -0.25) is 14.6 Å². The Labute approximate surface area is 204 Å². The number of anilines is 1. The number of carbonyl (C=O) groups is 2. The first-order valence-electron chi connectivity index (χ1n) is 11.7. The highest BCUT2D eigenvalue weighted by Gasteiger charge is 2.37. The monoisotopic (exact) mass is 475 g/mol. The van der Waals surface area contributed by atoms with Gasteiger partial charge in [-0.2, -0.15) is 0 Å². The lowest BCUT2D eigenvalue weighted by atomic mass is 9.75. The van der Waals surface area contributed by atoms with Crippen LogP contribution in [0.25, 0.3) is 11.1 Å². The van der Waals surface area contributed by atoms with E-state index in [-0.39, 0.29) is 17.1 Å². The molecule has 2 aliphatic rings. The van der Waals surface area contributed by atoms with Gasteiger partial charge >= 0.3 is 0 Å². The number of thiophene rings is 1. The average molecular weight is 476 g/mol. The molecule has 6 nitrogen and oxygen atoms in total. The van der Waals surface area contributed by atoms with Gasteiger partial charge in [-0.1, -0.05) is 32.0 Å². The number of Topliss-reactive ketones (excluding diaryl/α,β-unsaturated/α-hetero) is 1. The number of benzene rings is 1. The van der Waals surface area contributed by atoms with Crippen LogP contribution in [0.3, 0.4) is 0 Å². The fraction of sp³-hybridized carbons (Fsp3) is 0.370. The molecule has 34 heavy (non-hydrogen) atoms. The van der Waals surface area contributed by atoms with Gasteiger partial charge in [0.05, 0.1) is 35.3 Å². The summed E-state index contributed by atoms with van der Waals surface area (Å²) in [5, 5.41) is 4.08. The van der Waals surface area contributed by atoms with Crippen LogP contribution in [0.4, 0.5) is 5.00 Å². The second-order valence-electron chi connectivity index (χ2n) is 9.71. The second-order valence-corrected chi connectivity index (χ2v) is 10.7. The third-order valence-corrected chi connectivity index (χ3v) is 7.74. The smallest absolute Gasteiger partial charge is 0.251 e. The van der Waals surface area contributed by atoms with Crippen molar-refractivity contribution in [3.63, 3.8) is 0 Å². The predicted molar refractivity (Wildman–Crippen MR) is 135 cm³/mol. The normalized spacial score (nSPS) is 17.4. The van der Waals surface area contributed by atoms with Gasteiger partial charge in [0, 0.05) is 36.8 Å². The third-order valence-electron chi connectivity index (χ3n) is 6.40. The van der Waals surface area contributed by atoms with Crippen molar-refractivity contribution in [3.8, 4) is 11.1 Å². The van der Waals surface area contributed by atoms with Crippen LogP contribution >= 0.6 is 11.3 Å². The highest BCUT2D eigenvalue weighted by Crippen LogP contribution is 2.49. The molecule has 0 radical (unpaired) electrons. The number of hydrogen-bond acceptors (Lipinski definition) is 6. The molecule has 1 aliphatic heterocycles. The number of carbonyl (C=O) groups excluding carboxylic acids is 2. The number of aromatic nitrogens is 1. The van der Waals surface area contributed by atoms with Crippen molar-refractivity contribution in [3.05, 3.63) is 70.4 Å². The molecular formula is C27H29N3O3S. The van der Waals surface area contributed by atoms with E-state index in [1.807, 2.05) is 42.5 Å². The summed E-state index contributed by atoms with van der Waals surface area (Å²) in [6.45, 7) is 7.65. The Morgan fingerprint density at radius 2 is 1.97 bits per heavy atom. The lowest BCUT2D eigenvalue weighted by Gasteiger charge is -2.30. The first kappa shape index (κ1) is 22.7. The van der Waals surface area contributed by atoms with Gasteiger partial charge in [-0.15, -0.1) is 11.3 Å². The molecule has 1 amide bonds. The van der Waals surface area contributed by atoms with Crippen molar-refractivity contribution in [2.75, 3.05) is 31.2 Å². The Hall–Kier alpha value is -3.03. The van der Waals surface area contributed by atoms with Crippen LogP contribution in [-0.4, -0.2) is 43.0 Å². The van der Waals surface area contributed by atoms with Crippen molar-refractivity contribution in [2.24, 2.45) is 5.41 Å². The molecule has 176 valence electrons. The van der Waals surface area contributed by atoms with Gasteiger partial charge in [-0.25, -0.2) is 0 Å². The van der Waals surface area contributed by atoms with Crippen LogP contribution < -0.4 is 10.2 Å². The maximum Gasteiger partial charge on any atom is 0.251 e. The van der Waals surface area contributed by atoms with Gasteiger partial charge in [-0.05, 0) is 47.2 Å². The molecule has 5 rings (SSSR count). The molecule has 1 saturated heterocycles. The Bertz CT molecular complexity index is 1210. The van der Waals surface area contributed by atoms with Crippen LogP contribution in [0.1, 0.15) is 51.6 Å². The van der Waals surface area contributed by atoms with Crippen LogP contribution in [-0.2, 0) is 17.7 Å². The fourth-order valence-electron chi connectivity index (χ4n) is 4.78. The summed E-state index contributed by atoms with van der Waals surface area (Å²) < 4.78 is 5.57. The van der Waals surface area contributed by atoms with E-state index in [4.69, 9.17) is 4.74 Å². The minimum absolute atomic E-state index is 0.0835. The molecule has 1 N–H and O–H groups in total. The second kappa shape index (κ2) is 9.31. The van der Waals surface area contributed by atoms with Crippen molar-refractivity contribution >= 4 is 28.0 Å². The number of amides is 1. The molecule has 1 aliphatic carbocycles. The Balaban J connectivity index is 1.51. The van der Waals surface area contributed by atoms with Crippen molar-refractivity contribution in [2.45, 2.75) is 33.2 Å². The van der Waals surface area contributed by atoms with E-state index in [1.165, 1.54) is 0 Å². The number of ketones is 1. The zero-order chi connectivity index (χ0) is 23.7. The molecule has 0 spiro atoms. The van der Waals surface area contributed by atoms with Gasteiger partial charge in [0.25, 0.3) is 5.91 Å². The molecule has 7 heteroatoms. The molecule has 0 saturated carbocycles. The van der Waals surface area contributed by atoms with E-state index in [0.717, 1.165) is 51.8 Å². The molecule has 0 bridgehead atoms. The quantitative estimate of drug-likeness (QED) is 0.578. The fourth-order valence-corrected chi connectivity index (χ4v) is 6.11. The first-order chi connectivity index (χ1) is 16.4. The van der Waals surface area contributed by atoms with Gasteiger partial charge in [0.1, 0.15) is 0 Å². The third kappa shape index (κ3) is 4.63. The molecule has 1 aromatic carbocycles. The SMILES string of the molecule is CC1(C)CC(=O)c2sc(N3CCOCC3)c(-c3cccc(C(=O)NCc4ccccn4)c3)c2C1. The van der Waals surface area contributed by atoms with Crippen LogP contribution in [0.2, 0.25) is 0 Å². The van der Waals surface area contributed by atoms with E-state index in [9.17, 15) is 9.59 Å². The minimum atomic E-state index is -0.138. The summed E-state index contributed by atoms with van der Waals surface area (Å²) in [4.78, 5) is 33.5. The maximum atomic E-state index is 13.1. The van der Waals surface area contributed by atoms with Gasteiger partial charge in [0.2, 0.25) is 0 Å². The van der Waals surface area contributed by atoms with Crippen molar-refractivity contribution in [1.29, 1.82) is 0 Å². The van der Waals surface area contributed by atoms with Gasteiger partial charge < -0.3 is 15.0 Å². The predicted octanol–water partition coefficient (Wildman–Crippen LogP) is 4.73. The van der Waals surface area contributed by atoms with E-state index in [1.54, 1.807) is 17.5 Å². The summed E-state index contributed by atoms with van der Waals surface area (Å²) in [7, 11) is 0. The van der Waals surface area contributed by atoms with Crippen molar-refractivity contribution < 1.29 is 14.3 Å². The topological polar surface area (TPSA) is 71.5 Å². The average Bonchev–Trinajstić information content (AvgIpc) is 3.22. The summed E-state index contributed by atoms with van der Waals surface area (Å²) in [5.74, 6) is 0.0854. The maximum absolute atomic E-state index is 13.1. The number of nitrogens with one attached hydrogen (secondary N) is 1. The van der Waals surface area contributed by atoms with E-state index in [2.05, 4.69) is 29.0 Å². The highest BCUT2D eigenvalue weighted by atomic mass is 32.1. The van der Waals surface area contributed by atoms with Crippen LogP contribution in [0.15, 0.2) is 48.7 Å². The number of fused-ring (bicyclic) bond motifs is 1. The van der Waals surface area contributed by atoms with Crippen molar-refractivity contribution in [1.82, 2.24) is 10.3 Å². The van der Waals surface area contributed by atoms with Gasteiger partial charge in [0.15, 0.2) is 5.78 Å². The summed E-state index contributed by atoms with van der Waals surface area (Å²) in [6.07, 6.45) is 3.14. The molecule has 0 unspecified atom stereocenters. The largest absolute Gasteiger partial charge is 0.378 e. The summed E-state index contributed by atoms with van der Waals surface area (Å²) in [6, 6.07) is 13.4. The summed E-state index contributed by atoms with van der Waals surface area (Å²) >= 11 is 1.61. The molecule has 3 aromatic rings. The number of pyridine rings is 1. The lowest BCUT2D eigenvalue weighted by molar-refractivity contribution is 0.0915. The van der Waals surface area contributed by atoms with Crippen LogP contribution in [0, 0.1) is 5.41 Å². The number of hydrogen-bond donors (Lipinski definition) is 1. The Morgan fingerprint density at radius 1 is 1.15 bits per heavy atom. The van der Waals surface area contributed by atoms with E-state index >= 15 is 0 Å². The zero-order valence-corrected chi connectivity index (χ0v) is 20.4. The Kier molecular flexibility index (Phi) is 6.23. The number of ether oxygens (including phenoxy) is 1. The standard InChI is InChI=1S/C27H29N3O3S/c1-27(2)15-21-23(26(30-10-12-33-13-11-30)34-24(21)22(31)16-27)18-6-5-7-19(14-18)25(32)29-17-20-8-3-4-9-28-20/h3-9,14H,10-13,15-17H2,1-2H3,(H,29,32). The first-order valence-corrected chi connectivity index (χ1v) is 12.5. The molecule has 0 atom stereocenters. The molecule has 2 aromatic heterocycles. The molecule has 1 fully saturated rings. The lowest BCUT2D eigenvalue weighted by Crippen LogP contribution is -2.36. The number of nitrogens with zero attached hydrogens (tertiary/aromatic N) is 2. The van der Waals surface area contributed by atoms with E-state index in [0.29, 0.717) is 31.7 Å². The zero-order valence-electron chi connectivity index (χ0n) is 19.6.